The zero-order valence-electron chi connectivity index (χ0n) is 6.26. The molecule has 1 aromatic rings. The van der Waals surface area contributed by atoms with Crippen molar-refractivity contribution in [2.45, 2.75) is 6.36 Å². The van der Waals surface area contributed by atoms with Gasteiger partial charge in [0.15, 0.2) is 22.7 Å². The largest absolute Gasteiger partial charge is 0.480 e. The van der Waals surface area contributed by atoms with Gasteiger partial charge in [0.05, 0.1) is 0 Å². The summed E-state index contributed by atoms with van der Waals surface area (Å²) < 4.78 is 24.0. The van der Waals surface area contributed by atoms with E-state index in [-0.39, 0.29) is 6.61 Å². The molecule has 13 heavy (non-hydrogen) atoms. The minimum atomic E-state index is -1.39. The van der Waals surface area contributed by atoms with Crippen molar-refractivity contribution in [1.29, 1.82) is 0 Å². The first-order chi connectivity index (χ1) is 6.16. The summed E-state index contributed by atoms with van der Waals surface area (Å²) in [5.74, 6) is 0.861. The maximum absolute atomic E-state index is 12.7. The number of hydrogen-bond donors (Lipinski definition) is 0. The van der Waals surface area contributed by atoms with Crippen molar-refractivity contribution in [3.8, 4) is 11.5 Å². The average Bonchev–Trinajstić information content (AvgIpc) is 2.02. The van der Waals surface area contributed by atoms with Crippen LogP contribution in [0.2, 0.25) is 0 Å². The van der Waals surface area contributed by atoms with Gasteiger partial charge in [0, 0.05) is 6.07 Å². The Kier molecular flexibility index (Phi) is 2.59. The van der Waals surface area contributed by atoms with Crippen molar-refractivity contribution in [3.05, 3.63) is 14.4 Å². The summed E-state index contributed by atoms with van der Waals surface area (Å²) in [5.41, 5.74) is 0. The molecule has 0 N–H and O–H groups in total. The van der Waals surface area contributed by atoms with Crippen molar-refractivity contribution in [3.63, 3.8) is 0 Å². The van der Waals surface area contributed by atoms with E-state index in [2.05, 4.69) is 20.9 Å². The van der Waals surface area contributed by atoms with E-state index in [1.165, 1.54) is 0 Å². The van der Waals surface area contributed by atoms with Crippen LogP contribution in [0.3, 0.4) is 0 Å². The highest BCUT2D eigenvalue weighted by atomic mass is 127. The number of pyridine rings is 1. The molecule has 0 radical (unpaired) electrons. The summed E-state index contributed by atoms with van der Waals surface area (Å²) in [4.78, 5) is 4.09. The van der Waals surface area contributed by atoms with Crippen molar-refractivity contribution >= 4 is 38.5 Å². The quantitative estimate of drug-likeness (QED) is 0.527. The number of hydrogen-bond acceptors (Lipinski definition) is 3. The molecular formula is C7H4BrFINO2. The first-order valence-corrected chi connectivity index (χ1v) is 5.33. The first-order valence-electron chi connectivity index (χ1n) is 3.46. The van der Waals surface area contributed by atoms with Crippen LogP contribution in [-0.2, 0) is 0 Å². The molecule has 0 fully saturated rings. The molecule has 1 aliphatic heterocycles. The molecule has 0 amide bonds. The van der Waals surface area contributed by atoms with Gasteiger partial charge in [-0.05, 0) is 38.5 Å². The van der Waals surface area contributed by atoms with Crippen LogP contribution in [0.15, 0.2) is 10.7 Å². The molecule has 1 unspecified atom stereocenters. The van der Waals surface area contributed by atoms with Gasteiger partial charge < -0.3 is 9.47 Å². The fourth-order valence-electron chi connectivity index (χ4n) is 0.991. The zero-order chi connectivity index (χ0) is 9.42. The third-order valence-corrected chi connectivity index (χ3v) is 2.57. The van der Waals surface area contributed by atoms with Crippen LogP contribution >= 0.6 is 38.5 Å². The predicted octanol–water partition coefficient (Wildman–Crippen LogP) is 2.52. The average molecular weight is 360 g/mol. The monoisotopic (exact) mass is 359 g/mol. The van der Waals surface area contributed by atoms with Gasteiger partial charge in [-0.25, -0.2) is 4.98 Å². The lowest BCUT2D eigenvalue weighted by Gasteiger charge is -2.21. The fourth-order valence-corrected chi connectivity index (χ4v) is 2.35. The van der Waals surface area contributed by atoms with E-state index in [1.54, 1.807) is 6.07 Å². The smallest absolute Gasteiger partial charge is 0.272 e. The summed E-state index contributed by atoms with van der Waals surface area (Å²) in [6, 6.07) is 1.63. The molecule has 1 aliphatic rings. The molecule has 0 aromatic carbocycles. The van der Waals surface area contributed by atoms with Crippen LogP contribution < -0.4 is 9.47 Å². The summed E-state index contributed by atoms with van der Waals surface area (Å²) in [6.45, 7) is -0.0894. The first kappa shape index (κ1) is 9.45. The van der Waals surface area contributed by atoms with Gasteiger partial charge in [0.25, 0.3) is 6.36 Å². The van der Waals surface area contributed by atoms with Gasteiger partial charge in [-0.15, -0.1) is 0 Å². The Morgan fingerprint density at radius 3 is 3.23 bits per heavy atom. The molecular weight excluding hydrogens is 356 g/mol. The number of nitrogens with zero attached hydrogens (tertiary/aromatic N) is 1. The van der Waals surface area contributed by atoms with Crippen LogP contribution in [0, 0.1) is 3.70 Å². The van der Waals surface area contributed by atoms with E-state index in [1.807, 2.05) is 22.6 Å². The molecule has 0 saturated carbocycles. The van der Waals surface area contributed by atoms with Crippen molar-refractivity contribution in [2.75, 3.05) is 6.61 Å². The summed E-state index contributed by atoms with van der Waals surface area (Å²) in [7, 11) is 0. The Morgan fingerprint density at radius 2 is 2.46 bits per heavy atom. The number of fused-ring (bicyclic) bond motifs is 1. The van der Waals surface area contributed by atoms with Crippen molar-refractivity contribution in [2.24, 2.45) is 0 Å². The van der Waals surface area contributed by atoms with Crippen molar-refractivity contribution < 1.29 is 13.9 Å². The number of alkyl halides is 1. The Labute approximate surface area is 95.9 Å². The highest BCUT2D eigenvalue weighted by Gasteiger charge is 2.23. The second kappa shape index (κ2) is 3.56. The zero-order valence-corrected chi connectivity index (χ0v) is 10.0. The molecule has 6 heteroatoms. The molecule has 1 aromatic heterocycles. The van der Waals surface area contributed by atoms with E-state index in [4.69, 9.17) is 9.47 Å². The van der Waals surface area contributed by atoms with Gasteiger partial charge in [0.2, 0.25) is 0 Å². The van der Waals surface area contributed by atoms with Gasteiger partial charge in [-0.3, -0.25) is 0 Å². The van der Waals surface area contributed by atoms with Crippen LogP contribution in [0.5, 0.6) is 11.5 Å². The molecule has 1 atom stereocenters. The number of ether oxygens (including phenoxy) is 2. The van der Waals surface area contributed by atoms with Crippen LogP contribution in [0.25, 0.3) is 0 Å². The second-order valence-corrected chi connectivity index (χ2v) is 4.26. The Balaban J connectivity index is 2.47. The molecule has 0 spiro atoms. The van der Waals surface area contributed by atoms with E-state index in [0.717, 1.165) is 3.70 Å². The number of halogens is 3. The SMILES string of the molecule is FC1COc2c(cc(I)nc2Br)O1. The minimum absolute atomic E-state index is 0.0894. The fraction of sp³-hybridized carbons (Fsp3) is 0.286. The molecule has 0 saturated heterocycles. The summed E-state index contributed by atoms with van der Waals surface area (Å²) >= 11 is 5.23. The van der Waals surface area contributed by atoms with Gasteiger partial charge in [-0.2, -0.15) is 4.39 Å². The van der Waals surface area contributed by atoms with E-state index in [0.29, 0.717) is 16.1 Å². The lowest BCUT2D eigenvalue weighted by atomic mass is 10.4. The Morgan fingerprint density at radius 1 is 1.69 bits per heavy atom. The van der Waals surface area contributed by atoms with Crippen molar-refractivity contribution in [1.82, 2.24) is 4.98 Å². The molecule has 0 bridgehead atoms. The normalized spacial score (nSPS) is 20.1. The van der Waals surface area contributed by atoms with Gasteiger partial charge >= 0.3 is 0 Å². The Bertz CT molecular complexity index is 350. The topological polar surface area (TPSA) is 31.4 Å². The maximum Gasteiger partial charge on any atom is 0.272 e. The second-order valence-electron chi connectivity index (χ2n) is 2.40. The molecule has 2 rings (SSSR count). The minimum Gasteiger partial charge on any atom is -0.480 e. The van der Waals surface area contributed by atoms with E-state index in [9.17, 15) is 4.39 Å². The standard InChI is InChI=1S/C7H4BrFINO2/c8-7-6-3(1-5(10)11-7)13-4(9)2-12-6/h1,4H,2H2. The lowest BCUT2D eigenvalue weighted by molar-refractivity contribution is -0.00384. The predicted molar refractivity (Wildman–Crippen MR) is 55.7 cm³/mol. The third-order valence-electron chi connectivity index (χ3n) is 1.48. The molecule has 0 aliphatic carbocycles. The summed E-state index contributed by atoms with van der Waals surface area (Å²) in [5, 5.41) is 0. The van der Waals surface area contributed by atoms with Gasteiger partial charge in [0.1, 0.15) is 3.70 Å². The maximum atomic E-state index is 12.7. The van der Waals surface area contributed by atoms with E-state index >= 15 is 0 Å². The highest BCUT2D eigenvalue weighted by molar-refractivity contribution is 14.1. The highest BCUT2D eigenvalue weighted by Crippen LogP contribution is 2.38. The molecule has 70 valence electrons. The third kappa shape index (κ3) is 1.88. The van der Waals surface area contributed by atoms with Crippen LogP contribution in [0.4, 0.5) is 4.39 Å². The van der Waals surface area contributed by atoms with E-state index < -0.39 is 6.36 Å². The molecule has 3 nitrogen and oxygen atoms in total. The number of rotatable bonds is 0. The van der Waals surface area contributed by atoms with Gasteiger partial charge in [-0.1, -0.05) is 0 Å². The summed E-state index contributed by atoms with van der Waals surface area (Å²) in [6.07, 6.45) is -1.39. The Hall–Kier alpha value is -0.110. The van der Waals surface area contributed by atoms with Crippen LogP contribution in [0.1, 0.15) is 0 Å². The molecule has 2 heterocycles. The number of aromatic nitrogens is 1. The lowest BCUT2D eigenvalue weighted by Crippen LogP contribution is -2.25. The van der Waals surface area contributed by atoms with Crippen LogP contribution in [-0.4, -0.2) is 17.9 Å².